The molecule has 0 unspecified atom stereocenters. The van der Waals surface area contributed by atoms with Crippen molar-refractivity contribution >= 4 is 29.0 Å². The van der Waals surface area contributed by atoms with Crippen LogP contribution in [0.3, 0.4) is 0 Å². The molecule has 2 heterocycles. The second-order valence-corrected chi connectivity index (χ2v) is 6.80. The number of piperazine rings is 1. The van der Waals surface area contributed by atoms with Crippen LogP contribution in [0.5, 0.6) is 0 Å². The topological polar surface area (TPSA) is 87.0 Å². The Balaban J connectivity index is 1.99. The van der Waals surface area contributed by atoms with Gasteiger partial charge in [-0.3, -0.25) is 14.9 Å². The van der Waals surface area contributed by atoms with Gasteiger partial charge in [-0.15, -0.1) is 11.3 Å². The molecule has 24 heavy (non-hydrogen) atoms. The Morgan fingerprint density at radius 2 is 1.75 bits per heavy atom. The van der Waals surface area contributed by atoms with Gasteiger partial charge in [0, 0.05) is 45.3 Å². The number of rotatable bonds is 4. The van der Waals surface area contributed by atoms with Crippen molar-refractivity contribution in [3.8, 4) is 0 Å². The normalized spacial score (nSPS) is 14.6. The van der Waals surface area contributed by atoms with Crippen molar-refractivity contribution < 1.29 is 14.5 Å². The molecule has 0 aromatic carbocycles. The summed E-state index contributed by atoms with van der Waals surface area (Å²) in [5, 5.41) is 10.9. The minimum absolute atomic E-state index is 0.00490. The summed E-state index contributed by atoms with van der Waals surface area (Å²) in [5.41, 5.74) is -0.0151. The van der Waals surface area contributed by atoms with Crippen molar-refractivity contribution in [2.75, 3.05) is 39.3 Å². The third-order valence-corrected chi connectivity index (χ3v) is 5.20. The molecule has 1 aliphatic heterocycles. The van der Waals surface area contributed by atoms with E-state index in [4.69, 9.17) is 0 Å². The Labute approximate surface area is 144 Å². The maximum absolute atomic E-state index is 12.5. The lowest BCUT2D eigenvalue weighted by atomic mass is 10.3. The Hall–Kier alpha value is -2.16. The molecule has 0 N–H and O–H groups in total. The van der Waals surface area contributed by atoms with E-state index in [1.54, 1.807) is 21.6 Å². The molecular formula is C15H22N4O4S. The van der Waals surface area contributed by atoms with Crippen LogP contribution in [-0.2, 0) is 0 Å². The van der Waals surface area contributed by atoms with Gasteiger partial charge in [0.15, 0.2) is 0 Å². The number of aryl methyl sites for hydroxylation is 1. The number of carbonyl (C=O) groups excluding carboxylic acids is 2. The highest BCUT2D eigenvalue weighted by atomic mass is 32.1. The van der Waals surface area contributed by atoms with Crippen molar-refractivity contribution in [1.29, 1.82) is 0 Å². The fourth-order valence-electron chi connectivity index (χ4n) is 2.71. The zero-order valence-corrected chi connectivity index (χ0v) is 15.0. The summed E-state index contributed by atoms with van der Waals surface area (Å²) in [5.74, 6) is -0.203. The van der Waals surface area contributed by atoms with E-state index in [9.17, 15) is 19.7 Å². The Kier molecular flexibility index (Phi) is 5.76. The maximum Gasteiger partial charge on any atom is 0.320 e. The number of urea groups is 1. The van der Waals surface area contributed by atoms with Crippen LogP contribution in [0.1, 0.15) is 28.4 Å². The Morgan fingerprint density at radius 3 is 2.21 bits per heavy atom. The van der Waals surface area contributed by atoms with E-state index in [1.165, 1.54) is 6.07 Å². The largest absolute Gasteiger partial charge is 0.334 e. The number of hydrogen-bond donors (Lipinski definition) is 0. The molecule has 9 heteroatoms. The van der Waals surface area contributed by atoms with Crippen molar-refractivity contribution in [3.05, 3.63) is 25.9 Å². The molecule has 1 saturated heterocycles. The van der Waals surface area contributed by atoms with Crippen LogP contribution in [0.15, 0.2) is 6.07 Å². The first kappa shape index (κ1) is 18.2. The molecule has 132 valence electrons. The zero-order valence-electron chi connectivity index (χ0n) is 14.2. The average molecular weight is 354 g/mol. The van der Waals surface area contributed by atoms with E-state index in [0.717, 1.165) is 11.3 Å². The number of nitro groups is 1. The molecule has 0 aliphatic carbocycles. The van der Waals surface area contributed by atoms with E-state index in [2.05, 4.69) is 0 Å². The predicted octanol–water partition coefficient (Wildman–Crippen LogP) is 2.18. The molecule has 8 nitrogen and oxygen atoms in total. The van der Waals surface area contributed by atoms with Crippen molar-refractivity contribution in [2.45, 2.75) is 20.8 Å². The summed E-state index contributed by atoms with van der Waals surface area (Å²) >= 11 is 1.14. The van der Waals surface area contributed by atoms with E-state index in [1.807, 2.05) is 13.8 Å². The molecule has 1 fully saturated rings. The van der Waals surface area contributed by atoms with Gasteiger partial charge in [-0.05, 0) is 20.8 Å². The van der Waals surface area contributed by atoms with E-state index in [-0.39, 0.29) is 17.6 Å². The summed E-state index contributed by atoms with van der Waals surface area (Å²) in [4.78, 5) is 41.3. The highest BCUT2D eigenvalue weighted by Gasteiger charge is 2.29. The van der Waals surface area contributed by atoms with Gasteiger partial charge >= 0.3 is 6.03 Å². The molecule has 0 atom stereocenters. The summed E-state index contributed by atoms with van der Waals surface area (Å²) in [7, 11) is 0. The van der Waals surface area contributed by atoms with Crippen LogP contribution in [-0.4, -0.2) is 70.8 Å². The van der Waals surface area contributed by atoms with Gasteiger partial charge in [-0.2, -0.15) is 0 Å². The quantitative estimate of drug-likeness (QED) is 0.612. The van der Waals surface area contributed by atoms with Crippen LogP contribution < -0.4 is 0 Å². The van der Waals surface area contributed by atoms with Crippen molar-refractivity contribution in [1.82, 2.24) is 14.7 Å². The molecule has 1 aromatic rings. The molecule has 2 rings (SSSR count). The fraction of sp³-hybridized carbons (Fsp3) is 0.600. The van der Waals surface area contributed by atoms with Crippen LogP contribution in [0.4, 0.5) is 10.5 Å². The van der Waals surface area contributed by atoms with Gasteiger partial charge in [-0.1, -0.05) is 0 Å². The molecule has 0 bridgehead atoms. The van der Waals surface area contributed by atoms with Gasteiger partial charge in [0.2, 0.25) is 0 Å². The van der Waals surface area contributed by atoms with Crippen molar-refractivity contribution in [2.24, 2.45) is 0 Å². The van der Waals surface area contributed by atoms with Crippen LogP contribution in [0.25, 0.3) is 0 Å². The van der Waals surface area contributed by atoms with Gasteiger partial charge in [0.25, 0.3) is 11.6 Å². The minimum Gasteiger partial charge on any atom is -0.334 e. The van der Waals surface area contributed by atoms with Gasteiger partial charge in [-0.25, -0.2) is 4.79 Å². The average Bonchev–Trinajstić information content (AvgIpc) is 2.97. The Bertz CT molecular complexity index is 633. The first-order valence-corrected chi connectivity index (χ1v) is 8.78. The number of thiophene rings is 1. The molecule has 3 amide bonds. The van der Waals surface area contributed by atoms with Gasteiger partial charge in [0.05, 0.1) is 14.7 Å². The Morgan fingerprint density at radius 1 is 1.21 bits per heavy atom. The molecule has 0 radical (unpaired) electrons. The highest BCUT2D eigenvalue weighted by molar-refractivity contribution is 7.14. The minimum atomic E-state index is -0.469. The van der Waals surface area contributed by atoms with Crippen LogP contribution in [0.2, 0.25) is 0 Å². The molecule has 1 aliphatic rings. The lowest BCUT2D eigenvalue weighted by molar-refractivity contribution is -0.385. The SMILES string of the molecule is CCN(CC)C(=O)N1CCN(C(=O)c2cc([N+](=O)[O-])c(C)s2)CC1. The van der Waals surface area contributed by atoms with Crippen LogP contribution >= 0.6 is 11.3 Å². The summed E-state index contributed by atoms with van der Waals surface area (Å²) in [6, 6.07) is 1.34. The van der Waals surface area contributed by atoms with Gasteiger partial charge in [0.1, 0.15) is 0 Å². The van der Waals surface area contributed by atoms with E-state index in [0.29, 0.717) is 49.0 Å². The lowest BCUT2D eigenvalue weighted by Gasteiger charge is -2.37. The zero-order chi connectivity index (χ0) is 17.9. The summed E-state index contributed by atoms with van der Waals surface area (Å²) in [6.07, 6.45) is 0. The number of amides is 3. The monoisotopic (exact) mass is 354 g/mol. The standard InChI is InChI=1S/C15H22N4O4S/c1-4-16(5-2)15(21)18-8-6-17(7-9-18)14(20)13-10-12(19(22)23)11(3)24-13/h10H,4-9H2,1-3H3. The summed E-state index contributed by atoms with van der Waals surface area (Å²) in [6.45, 7) is 8.67. The lowest BCUT2D eigenvalue weighted by Crippen LogP contribution is -2.53. The molecular weight excluding hydrogens is 332 g/mol. The van der Waals surface area contributed by atoms with Crippen LogP contribution in [0, 0.1) is 17.0 Å². The smallest absolute Gasteiger partial charge is 0.320 e. The third-order valence-electron chi connectivity index (χ3n) is 4.17. The number of hydrogen-bond acceptors (Lipinski definition) is 5. The maximum atomic E-state index is 12.5. The second-order valence-electron chi connectivity index (χ2n) is 5.54. The number of carbonyl (C=O) groups is 2. The second kappa shape index (κ2) is 7.61. The highest BCUT2D eigenvalue weighted by Crippen LogP contribution is 2.29. The van der Waals surface area contributed by atoms with Crippen molar-refractivity contribution in [3.63, 3.8) is 0 Å². The summed E-state index contributed by atoms with van der Waals surface area (Å²) < 4.78 is 0. The van der Waals surface area contributed by atoms with Gasteiger partial charge < -0.3 is 14.7 Å². The first-order chi connectivity index (χ1) is 11.4. The third kappa shape index (κ3) is 3.66. The fourth-order valence-corrected chi connectivity index (χ4v) is 3.66. The molecule has 0 spiro atoms. The first-order valence-electron chi connectivity index (χ1n) is 7.97. The number of nitrogens with zero attached hydrogens (tertiary/aromatic N) is 4. The molecule has 1 aromatic heterocycles. The molecule has 0 saturated carbocycles. The van der Waals surface area contributed by atoms with E-state index >= 15 is 0 Å². The van der Waals surface area contributed by atoms with E-state index < -0.39 is 4.92 Å². The predicted molar refractivity (Wildman–Crippen MR) is 91.5 cm³/mol.